The lowest BCUT2D eigenvalue weighted by Crippen LogP contribution is -2.36. The smallest absolute Gasteiger partial charge is 0.225 e. The second-order valence-electron chi connectivity index (χ2n) is 5.90. The predicted molar refractivity (Wildman–Crippen MR) is 80.0 cm³/mol. The summed E-state index contributed by atoms with van der Waals surface area (Å²) in [5.74, 6) is 1.36. The number of nitrogens with zero attached hydrogens (tertiary/aromatic N) is 3. The van der Waals surface area contributed by atoms with Crippen LogP contribution in [0.5, 0.6) is 5.88 Å². The van der Waals surface area contributed by atoms with Crippen LogP contribution in [0.25, 0.3) is 0 Å². The average Bonchev–Trinajstić information content (AvgIpc) is 3.34. The molecule has 1 saturated heterocycles. The summed E-state index contributed by atoms with van der Waals surface area (Å²) in [6.07, 6.45) is 3.22. The van der Waals surface area contributed by atoms with Gasteiger partial charge in [-0.15, -0.1) is 0 Å². The summed E-state index contributed by atoms with van der Waals surface area (Å²) in [5.41, 5.74) is 1.02. The highest BCUT2D eigenvalue weighted by Crippen LogP contribution is 2.31. The van der Waals surface area contributed by atoms with E-state index in [0.29, 0.717) is 17.7 Å². The molecule has 0 atom stereocenters. The van der Waals surface area contributed by atoms with E-state index in [2.05, 4.69) is 14.8 Å². The van der Waals surface area contributed by atoms with Crippen LogP contribution in [-0.2, 0) is 11.3 Å². The third kappa shape index (κ3) is 3.73. The first-order chi connectivity index (χ1) is 10.3. The number of methoxy groups -OCH3 is 1. The highest BCUT2D eigenvalue weighted by molar-refractivity contribution is 5.81. The van der Waals surface area contributed by atoms with Gasteiger partial charge in [-0.25, -0.2) is 4.98 Å². The van der Waals surface area contributed by atoms with Crippen molar-refractivity contribution in [2.75, 3.05) is 33.3 Å². The molecule has 2 fully saturated rings. The quantitative estimate of drug-likeness (QED) is 0.843. The molecule has 2 aliphatic rings. The molecule has 1 saturated carbocycles. The Kier molecular flexibility index (Phi) is 4.39. The third-order valence-corrected chi connectivity index (χ3v) is 4.20. The lowest BCUT2D eigenvalue weighted by atomic mass is 10.3. The Morgan fingerprint density at radius 2 is 2.14 bits per heavy atom. The van der Waals surface area contributed by atoms with Gasteiger partial charge in [-0.2, -0.15) is 0 Å². The molecule has 0 aromatic carbocycles. The summed E-state index contributed by atoms with van der Waals surface area (Å²) in [6, 6.07) is 5.87. The van der Waals surface area contributed by atoms with Crippen LogP contribution in [0.2, 0.25) is 0 Å². The van der Waals surface area contributed by atoms with E-state index in [-0.39, 0.29) is 0 Å². The number of ether oxygens (including phenoxy) is 1. The third-order valence-electron chi connectivity index (χ3n) is 4.20. The van der Waals surface area contributed by atoms with E-state index < -0.39 is 0 Å². The Morgan fingerprint density at radius 3 is 2.90 bits per heavy atom. The van der Waals surface area contributed by atoms with Gasteiger partial charge in [0.05, 0.1) is 12.8 Å². The number of amides is 1. The summed E-state index contributed by atoms with van der Waals surface area (Å²) in [4.78, 5) is 21.0. The minimum atomic E-state index is 0.330. The molecule has 3 rings (SSSR count). The first kappa shape index (κ1) is 14.3. The molecule has 0 radical (unpaired) electrons. The van der Waals surface area contributed by atoms with Crippen molar-refractivity contribution in [1.29, 1.82) is 0 Å². The van der Waals surface area contributed by atoms with Crippen LogP contribution < -0.4 is 4.74 Å². The SMILES string of the molecule is COc1cccc(CN2CCCN(C(=O)C3CC3)CC2)n1. The van der Waals surface area contributed by atoms with E-state index in [1.165, 1.54) is 0 Å². The number of hydrogen-bond acceptors (Lipinski definition) is 4. The van der Waals surface area contributed by atoms with Crippen molar-refractivity contribution >= 4 is 5.91 Å². The Balaban J connectivity index is 1.55. The molecule has 5 heteroatoms. The van der Waals surface area contributed by atoms with Gasteiger partial charge >= 0.3 is 0 Å². The van der Waals surface area contributed by atoms with Gasteiger partial charge in [0.2, 0.25) is 11.8 Å². The maximum absolute atomic E-state index is 12.1. The van der Waals surface area contributed by atoms with Crippen molar-refractivity contribution in [3.8, 4) is 5.88 Å². The normalized spacial score (nSPS) is 20.1. The van der Waals surface area contributed by atoms with E-state index in [1.807, 2.05) is 18.2 Å². The van der Waals surface area contributed by atoms with Crippen molar-refractivity contribution in [2.45, 2.75) is 25.8 Å². The lowest BCUT2D eigenvalue weighted by Gasteiger charge is -2.21. The van der Waals surface area contributed by atoms with E-state index in [0.717, 1.165) is 57.7 Å². The summed E-state index contributed by atoms with van der Waals surface area (Å²) >= 11 is 0. The molecular weight excluding hydrogens is 266 g/mol. The molecule has 1 aromatic heterocycles. The van der Waals surface area contributed by atoms with Gasteiger partial charge in [0.1, 0.15) is 0 Å². The summed E-state index contributed by atoms with van der Waals surface area (Å²) in [7, 11) is 1.64. The molecular formula is C16H23N3O2. The van der Waals surface area contributed by atoms with E-state index >= 15 is 0 Å². The first-order valence-corrected chi connectivity index (χ1v) is 7.77. The highest BCUT2D eigenvalue weighted by Gasteiger charge is 2.33. The van der Waals surface area contributed by atoms with Gasteiger partial charge in [0.15, 0.2) is 0 Å². The average molecular weight is 289 g/mol. The maximum atomic E-state index is 12.1. The number of pyridine rings is 1. The Labute approximate surface area is 125 Å². The highest BCUT2D eigenvalue weighted by atomic mass is 16.5. The standard InChI is InChI=1S/C16H23N3O2/c1-21-15-5-2-4-14(17-15)12-18-8-3-9-19(11-10-18)16(20)13-6-7-13/h2,4-5,13H,3,6-12H2,1H3. The van der Waals surface area contributed by atoms with Crippen molar-refractivity contribution in [2.24, 2.45) is 5.92 Å². The molecule has 0 spiro atoms. The minimum Gasteiger partial charge on any atom is -0.481 e. The topological polar surface area (TPSA) is 45.7 Å². The zero-order valence-corrected chi connectivity index (χ0v) is 12.6. The largest absolute Gasteiger partial charge is 0.481 e. The molecule has 114 valence electrons. The van der Waals surface area contributed by atoms with E-state index in [4.69, 9.17) is 4.74 Å². The minimum absolute atomic E-state index is 0.330. The van der Waals surface area contributed by atoms with Crippen molar-refractivity contribution in [1.82, 2.24) is 14.8 Å². The molecule has 0 bridgehead atoms. The number of carbonyl (C=O) groups is 1. The van der Waals surface area contributed by atoms with E-state index in [1.54, 1.807) is 7.11 Å². The van der Waals surface area contributed by atoms with Gasteiger partial charge in [-0.1, -0.05) is 6.07 Å². The molecule has 21 heavy (non-hydrogen) atoms. The van der Waals surface area contributed by atoms with Crippen LogP contribution in [0, 0.1) is 5.92 Å². The molecule has 0 N–H and O–H groups in total. The fourth-order valence-corrected chi connectivity index (χ4v) is 2.83. The first-order valence-electron chi connectivity index (χ1n) is 7.77. The zero-order chi connectivity index (χ0) is 14.7. The fraction of sp³-hybridized carbons (Fsp3) is 0.625. The van der Waals surface area contributed by atoms with Crippen LogP contribution >= 0.6 is 0 Å². The second-order valence-corrected chi connectivity index (χ2v) is 5.90. The summed E-state index contributed by atoms with van der Waals surface area (Å²) in [5, 5.41) is 0. The number of hydrogen-bond donors (Lipinski definition) is 0. The van der Waals surface area contributed by atoms with Gasteiger partial charge in [0, 0.05) is 44.7 Å². The van der Waals surface area contributed by atoms with Crippen LogP contribution in [0.1, 0.15) is 25.0 Å². The van der Waals surface area contributed by atoms with Gasteiger partial charge in [0.25, 0.3) is 0 Å². The zero-order valence-electron chi connectivity index (χ0n) is 12.6. The second kappa shape index (κ2) is 6.43. The summed E-state index contributed by atoms with van der Waals surface area (Å²) in [6.45, 7) is 4.52. The molecule has 1 aliphatic carbocycles. The van der Waals surface area contributed by atoms with Gasteiger partial charge in [-0.3, -0.25) is 9.69 Å². The van der Waals surface area contributed by atoms with Crippen LogP contribution in [0.3, 0.4) is 0 Å². The van der Waals surface area contributed by atoms with Crippen molar-refractivity contribution in [3.63, 3.8) is 0 Å². The molecule has 5 nitrogen and oxygen atoms in total. The molecule has 1 aromatic rings. The van der Waals surface area contributed by atoms with Crippen molar-refractivity contribution in [3.05, 3.63) is 23.9 Å². The monoisotopic (exact) mass is 289 g/mol. The Bertz CT molecular complexity index is 502. The van der Waals surface area contributed by atoms with E-state index in [9.17, 15) is 4.79 Å². The molecule has 0 unspecified atom stereocenters. The lowest BCUT2D eigenvalue weighted by molar-refractivity contribution is -0.132. The molecule has 2 heterocycles. The maximum Gasteiger partial charge on any atom is 0.225 e. The molecule has 1 amide bonds. The number of aromatic nitrogens is 1. The fourth-order valence-electron chi connectivity index (χ4n) is 2.83. The predicted octanol–water partition coefficient (Wildman–Crippen LogP) is 1.53. The summed E-state index contributed by atoms with van der Waals surface area (Å²) < 4.78 is 5.17. The number of carbonyl (C=O) groups excluding carboxylic acids is 1. The van der Waals surface area contributed by atoms with Crippen LogP contribution in [-0.4, -0.2) is 54.0 Å². The van der Waals surface area contributed by atoms with Crippen LogP contribution in [0.4, 0.5) is 0 Å². The van der Waals surface area contributed by atoms with Crippen molar-refractivity contribution < 1.29 is 9.53 Å². The Morgan fingerprint density at radius 1 is 1.29 bits per heavy atom. The van der Waals surface area contributed by atoms with Gasteiger partial charge in [-0.05, 0) is 25.3 Å². The Hall–Kier alpha value is -1.62. The number of rotatable bonds is 4. The van der Waals surface area contributed by atoms with Gasteiger partial charge < -0.3 is 9.64 Å². The van der Waals surface area contributed by atoms with Crippen LogP contribution in [0.15, 0.2) is 18.2 Å². The molecule has 1 aliphatic heterocycles.